The van der Waals surface area contributed by atoms with Gasteiger partial charge < -0.3 is 29.6 Å². The molecule has 0 aliphatic heterocycles. The summed E-state index contributed by atoms with van der Waals surface area (Å²) in [5.41, 5.74) is 3.02. The number of aromatic nitrogens is 4. The average Bonchev–Trinajstić information content (AvgIpc) is 3.26. The monoisotopic (exact) mass is 655 g/mol. The van der Waals surface area contributed by atoms with Gasteiger partial charge in [-0.05, 0) is 24.3 Å². The van der Waals surface area contributed by atoms with Crippen LogP contribution in [0.15, 0.2) is 40.5 Å². The Balaban J connectivity index is 1.81. The molecule has 41 heavy (non-hydrogen) atoms. The number of nitrogens with two attached hydrogens (primary N) is 1. The van der Waals surface area contributed by atoms with Crippen LogP contribution in [0.1, 0.15) is 0 Å². The largest absolute Gasteiger partial charge is 0.497 e. The van der Waals surface area contributed by atoms with Crippen LogP contribution in [0, 0.1) is 0 Å². The van der Waals surface area contributed by atoms with E-state index in [4.69, 9.17) is 15.2 Å². The first-order valence-electron chi connectivity index (χ1n) is 10.9. The first-order valence-corrected chi connectivity index (χ1v) is 15.0. The minimum atomic E-state index is -5.85. The van der Waals surface area contributed by atoms with Gasteiger partial charge in [0.25, 0.3) is 5.59 Å². The Morgan fingerprint density at radius 1 is 1.00 bits per heavy atom. The molecule has 0 aliphatic rings. The number of nitrogen functional groups attached to an aromatic ring is 1. The molecule has 0 bridgehead atoms. The molecule has 4 N–H and O–H groups in total. The van der Waals surface area contributed by atoms with E-state index >= 15 is 0 Å². The van der Waals surface area contributed by atoms with E-state index in [9.17, 15) is 45.3 Å². The molecule has 22 heteroatoms. The smallest absolute Gasteiger partial charge is 0.412 e. The van der Waals surface area contributed by atoms with E-state index in [-0.39, 0.29) is 23.7 Å². The van der Waals surface area contributed by atoms with Gasteiger partial charge in [0.15, 0.2) is 18.9 Å². The van der Waals surface area contributed by atoms with Crippen molar-refractivity contribution in [2.75, 3.05) is 32.7 Å². The van der Waals surface area contributed by atoms with Gasteiger partial charge in [-0.25, -0.2) is 9.97 Å². The molecule has 0 amide bonds. The van der Waals surface area contributed by atoms with Gasteiger partial charge in [-0.15, -0.1) is 0 Å². The van der Waals surface area contributed by atoms with E-state index in [1.165, 1.54) is 18.0 Å². The number of rotatable bonds is 13. The normalized spacial score (nSPS) is 16.3. The fourth-order valence-corrected chi connectivity index (χ4v) is 7.27. The lowest BCUT2D eigenvalue weighted by molar-refractivity contribution is -0.157. The molecule has 2 heterocycles. The van der Waals surface area contributed by atoms with Gasteiger partial charge in [0.05, 0.1) is 20.0 Å². The zero-order chi connectivity index (χ0) is 30.6. The molecule has 0 spiro atoms. The van der Waals surface area contributed by atoms with Crippen LogP contribution >= 0.6 is 27.0 Å². The second kappa shape index (κ2) is 12.8. The zero-order valence-electron chi connectivity index (χ0n) is 20.6. The molecule has 13 nitrogen and oxygen atoms in total. The third-order valence-electron chi connectivity index (χ3n) is 4.71. The number of imidazole rings is 1. The van der Waals surface area contributed by atoms with Crippen LogP contribution in [0.2, 0.25) is 0 Å². The Morgan fingerprint density at radius 3 is 2.07 bits per heavy atom. The third-order valence-corrected chi connectivity index (χ3v) is 9.86. The van der Waals surface area contributed by atoms with Crippen LogP contribution in [0.25, 0.3) is 11.2 Å². The Kier molecular flexibility index (Phi) is 10.3. The van der Waals surface area contributed by atoms with Gasteiger partial charge in [0.1, 0.15) is 16.3 Å². The van der Waals surface area contributed by atoms with Crippen LogP contribution < -0.4 is 10.5 Å². The molecule has 0 saturated heterocycles. The number of methoxy groups -OCH3 is 1. The van der Waals surface area contributed by atoms with Crippen molar-refractivity contribution >= 4 is 44.1 Å². The number of nitrogens with zero attached hydrogens (tertiary/aromatic N) is 4. The minimum absolute atomic E-state index is 0.106. The standard InChI is InChI=1S/C19H21F6N5O8P2S/c1-35-11-2-4-12(5-3-11)41-15-13-14(28-16(26)29-15)30(10-27-13)6-7-36-17(39(31,32)37-8-18(20,21)22)40(33,34)38-9-19(23,24)25/h2-5,10,17H,6-9H2,1H3,(H,31,32)(H,33,34)(H2,26,28,29). The summed E-state index contributed by atoms with van der Waals surface area (Å²) < 4.78 is 119. The molecule has 228 valence electrons. The van der Waals surface area contributed by atoms with Gasteiger partial charge in [0.2, 0.25) is 5.95 Å². The van der Waals surface area contributed by atoms with E-state index in [0.29, 0.717) is 10.8 Å². The number of anilines is 1. The number of benzene rings is 1. The molecule has 2 atom stereocenters. The first-order chi connectivity index (χ1) is 18.9. The summed E-state index contributed by atoms with van der Waals surface area (Å²) in [5, 5.41) is 0.316. The molecule has 3 aromatic rings. The predicted molar refractivity (Wildman–Crippen MR) is 130 cm³/mol. The highest BCUT2D eigenvalue weighted by Gasteiger charge is 2.51. The Hall–Kier alpha value is -2.44. The minimum Gasteiger partial charge on any atom is -0.497 e. The Bertz CT molecular complexity index is 1400. The third kappa shape index (κ3) is 9.54. The van der Waals surface area contributed by atoms with Crippen molar-refractivity contribution in [2.24, 2.45) is 0 Å². The molecule has 0 fully saturated rings. The van der Waals surface area contributed by atoms with Crippen LogP contribution in [0.3, 0.4) is 0 Å². The highest BCUT2D eigenvalue weighted by molar-refractivity contribution is 7.99. The predicted octanol–water partition coefficient (Wildman–Crippen LogP) is 4.40. The van der Waals surface area contributed by atoms with E-state index in [2.05, 4.69) is 24.0 Å². The fraction of sp³-hybridized carbons (Fsp3) is 0.421. The second-order valence-corrected chi connectivity index (χ2v) is 13.1. The average molecular weight is 655 g/mol. The van der Waals surface area contributed by atoms with Gasteiger partial charge in [0, 0.05) is 11.4 Å². The van der Waals surface area contributed by atoms with E-state index < -0.39 is 53.0 Å². The Morgan fingerprint density at radius 2 is 1.56 bits per heavy atom. The maximum absolute atomic E-state index is 12.5. The number of fused-ring (bicyclic) bond motifs is 1. The van der Waals surface area contributed by atoms with Crippen LogP contribution in [0.4, 0.5) is 32.3 Å². The lowest BCUT2D eigenvalue weighted by Gasteiger charge is -2.26. The molecule has 2 aromatic heterocycles. The summed E-state index contributed by atoms with van der Waals surface area (Å²) in [5.74, 6) is 0.423. The van der Waals surface area contributed by atoms with Crippen LogP contribution in [0.5, 0.6) is 5.75 Å². The summed E-state index contributed by atoms with van der Waals surface area (Å²) >= 11 is 1.16. The summed E-state index contributed by atoms with van der Waals surface area (Å²) in [6.45, 7) is -5.93. The summed E-state index contributed by atoms with van der Waals surface area (Å²) in [7, 11) is -10.2. The van der Waals surface area contributed by atoms with Crippen molar-refractivity contribution in [1.82, 2.24) is 19.5 Å². The molecule has 2 unspecified atom stereocenters. The van der Waals surface area contributed by atoms with Crippen LogP contribution in [-0.2, 0) is 29.5 Å². The molecular formula is C19H21F6N5O8P2S. The van der Waals surface area contributed by atoms with E-state index in [0.717, 1.165) is 16.7 Å². The highest BCUT2D eigenvalue weighted by Crippen LogP contribution is 2.66. The van der Waals surface area contributed by atoms with Crippen molar-refractivity contribution < 1.29 is 63.8 Å². The molecule has 0 radical (unpaired) electrons. The van der Waals surface area contributed by atoms with Gasteiger partial charge in [-0.2, -0.15) is 31.3 Å². The summed E-state index contributed by atoms with van der Waals surface area (Å²) in [4.78, 5) is 32.9. The number of hydrogen-bond acceptors (Lipinski definition) is 11. The topological polar surface area (TPSA) is 181 Å². The summed E-state index contributed by atoms with van der Waals surface area (Å²) in [6, 6.07) is 6.88. The second-order valence-electron chi connectivity index (χ2n) is 7.88. The lowest BCUT2D eigenvalue weighted by atomic mass is 10.3. The number of alkyl halides is 6. The first kappa shape index (κ1) is 33.1. The van der Waals surface area contributed by atoms with Gasteiger partial charge in [-0.3, -0.25) is 18.2 Å². The number of ether oxygens (including phenoxy) is 2. The van der Waals surface area contributed by atoms with E-state index in [1.54, 1.807) is 24.3 Å². The molecule has 1 aromatic carbocycles. The molecule has 0 saturated carbocycles. The van der Waals surface area contributed by atoms with Crippen molar-refractivity contribution in [3.63, 3.8) is 0 Å². The van der Waals surface area contributed by atoms with Gasteiger partial charge in [-0.1, -0.05) is 11.8 Å². The van der Waals surface area contributed by atoms with Crippen LogP contribution in [-0.4, -0.2) is 74.2 Å². The maximum atomic E-state index is 12.5. The SMILES string of the molecule is COc1ccc(Sc2nc(N)nc3c2ncn3CCOC(P(=O)(O)OCC(F)(F)F)P(=O)(O)OCC(F)(F)F)cc1. The van der Waals surface area contributed by atoms with E-state index in [1.807, 2.05) is 0 Å². The number of halogens is 6. The quantitative estimate of drug-likeness (QED) is 0.134. The molecule has 0 aliphatic carbocycles. The fourth-order valence-electron chi connectivity index (χ4n) is 3.01. The van der Waals surface area contributed by atoms with Gasteiger partial charge >= 0.3 is 27.5 Å². The number of hydrogen-bond donors (Lipinski definition) is 3. The highest BCUT2D eigenvalue weighted by atomic mass is 32.2. The summed E-state index contributed by atoms with van der Waals surface area (Å²) in [6.07, 6.45) is -9.12. The maximum Gasteiger partial charge on any atom is 0.412 e. The van der Waals surface area contributed by atoms with Crippen molar-refractivity contribution in [2.45, 2.75) is 34.4 Å². The molecule has 3 rings (SSSR count). The Labute approximate surface area is 231 Å². The van der Waals surface area contributed by atoms with Crippen molar-refractivity contribution in [3.05, 3.63) is 30.6 Å². The van der Waals surface area contributed by atoms with Crippen molar-refractivity contribution in [3.8, 4) is 5.75 Å². The molecular weight excluding hydrogens is 634 g/mol. The zero-order valence-corrected chi connectivity index (χ0v) is 23.2. The lowest BCUT2D eigenvalue weighted by Crippen LogP contribution is -2.25. The van der Waals surface area contributed by atoms with Crippen molar-refractivity contribution in [1.29, 1.82) is 0 Å².